The van der Waals surface area contributed by atoms with Gasteiger partial charge in [0.1, 0.15) is 5.75 Å². The van der Waals surface area contributed by atoms with E-state index in [4.69, 9.17) is 10.00 Å². The van der Waals surface area contributed by atoms with Gasteiger partial charge in [0.05, 0.1) is 17.0 Å². The number of esters is 1. The van der Waals surface area contributed by atoms with Gasteiger partial charge in [-0.3, -0.25) is 9.59 Å². The van der Waals surface area contributed by atoms with Crippen molar-refractivity contribution in [2.24, 2.45) is 5.41 Å². The van der Waals surface area contributed by atoms with Crippen LogP contribution in [0.5, 0.6) is 5.75 Å². The number of ketones is 1. The highest BCUT2D eigenvalue weighted by molar-refractivity contribution is 6.12. The number of nitrogens with zero attached hydrogens (tertiary/aromatic N) is 1. The molecule has 0 radical (unpaired) electrons. The van der Waals surface area contributed by atoms with E-state index in [9.17, 15) is 9.59 Å². The molecule has 0 unspecified atom stereocenters. The summed E-state index contributed by atoms with van der Waals surface area (Å²) in [6, 6.07) is 23.1. The Labute approximate surface area is 170 Å². The predicted molar refractivity (Wildman–Crippen MR) is 112 cm³/mol. The minimum absolute atomic E-state index is 0.142. The SMILES string of the molecule is CC(C)(C)C(=O)Oc1ccc(C(=O)c2ccccc2-c2cccc(C#N)c2)cc1. The molecule has 0 fully saturated rings. The minimum Gasteiger partial charge on any atom is -0.426 e. The third-order valence-electron chi connectivity index (χ3n) is 4.41. The molecule has 0 aromatic heterocycles. The van der Waals surface area contributed by atoms with Gasteiger partial charge < -0.3 is 4.74 Å². The zero-order valence-electron chi connectivity index (χ0n) is 16.6. The molecular weight excluding hydrogens is 362 g/mol. The van der Waals surface area contributed by atoms with Gasteiger partial charge >= 0.3 is 5.97 Å². The Morgan fingerprint density at radius 2 is 1.59 bits per heavy atom. The van der Waals surface area contributed by atoms with Crippen LogP contribution in [-0.4, -0.2) is 11.8 Å². The quantitative estimate of drug-likeness (QED) is 0.343. The molecule has 0 heterocycles. The van der Waals surface area contributed by atoms with Crippen LogP contribution in [0.2, 0.25) is 0 Å². The van der Waals surface area contributed by atoms with Gasteiger partial charge in [-0.05, 0) is 68.3 Å². The van der Waals surface area contributed by atoms with Crippen molar-refractivity contribution in [2.75, 3.05) is 0 Å². The van der Waals surface area contributed by atoms with E-state index in [1.54, 1.807) is 69.3 Å². The van der Waals surface area contributed by atoms with E-state index in [-0.39, 0.29) is 11.8 Å². The Balaban J connectivity index is 1.90. The second kappa shape index (κ2) is 8.12. The number of carbonyl (C=O) groups is 2. The predicted octanol–water partition coefficient (Wildman–Crippen LogP) is 5.41. The van der Waals surface area contributed by atoms with Gasteiger partial charge in [-0.15, -0.1) is 0 Å². The van der Waals surface area contributed by atoms with Crippen LogP contribution >= 0.6 is 0 Å². The van der Waals surface area contributed by atoms with E-state index in [1.165, 1.54) is 0 Å². The molecule has 0 amide bonds. The summed E-state index contributed by atoms with van der Waals surface area (Å²) in [5.41, 5.74) is 2.54. The lowest BCUT2D eigenvalue weighted by molar-refractivity contribution is -0.142. The van der Waals surface area contributed by atoms with Crippen molar-refractivity contribution in [3.05, 3.63) is 89.5 Å². The first-order chi connectivity index (χ1) is 13.8. The van der Waals surface area contributed by atoms with Crippen LogP contribution in [0.25, 0.3) is 11.1 Å². The fourth-order valence-electron chi connectivity index (χ4n) is 2.78. The minimum atomic E-state index is -0.606. The van der Waals surface area contributed by atoms with Crippen LogP contribution < -0.4 is 4.74 Å². The number of benzene rings is 3. The molecule has 0 spiro atoms. The van der Waals surface area contributed by atoms with Crippen LogP contribution in [0.3, 0.4) is 0 Å². The van der Waals surface area contributed by atoms with E-state index in [0.29, 0.717) is 22.4 Å². The van der Waals surface area contributed by atoms with Gasteiger partial charge in [-0.25, -0.2) is 0 Å². The Bertz CT molecular complexity index is 1100. The van der Waals surface area contributed by atoms with E-state index >= 15 is 0 Å². The normalized spacial score (nSPS) is 10.8. The number of hydrogen-bond donors (Lipinski definition) is 0. The summed E-state index contributed by atoms with van der Waals surface area (Å²) in [4.78, 5) is 25.1. The molecule has 4 nitrogen and oxygen atoms in total. The average Bonchev–Trinajstić information content (AvgIpc) is 2.73. The lowest BCUT2D eigenvalue weighted by Crippen LogP contribution is -2.25. The Kier molecular flexibility index (Phi) is 5.61. The largest absolute Gasteiger partial charge is 0.426 e. The summed E-state index contributed by atoms with van der Waals surface area (Å²) in [5, 5.41) is 9.15. The van der Waals surface area contributed by atoms with E-state index in [1.807, 2.05) is 24.3 Å². The summed E-state index contributed by atoms with van der Waals surface area (Å²) in [6.07, 6.45) is 0. The smallest absolute Gasteiger partial charge is 0.316 e. The maximum absolute atomic E-state index is 13.1. The Morgan fingerprint density at radius 1 is 0.897 bits per heavy atom. The Morgan fingerprint density at radius 3 is 2.24 bits per heavy atom. The summed E-state index contributed by atoms with van der Waals surface area (Å²) in [6.45, 7) is 5.35. The third kappa shape index (κ3) is 4.59. The molecule has 3 rings (SSSR count). The lowest BCUT2D eigenvalue weighted by Gasteiger charge is -2.16. The van der Waals surface area contributed by atoms with Crippen LogP contribution in [0.15, 0.2) is 72.8 Å². The highest BCUT2D eigenvalue weighted by atomic mass is 16.5. The van der Waals surface area contributed by atoms with Crippen molar-refractivity contribution < 1.29 is 14.3 Å². The first-order valence-electron chi connectivity index (χ1n) is 9.26. The monoisotopic (exact) mass is 383 g/mol. The maximum Gasteiger partial charge on any atom is 0.316 e. The lowest BCUT2D eigenvalue weighted by atomic mass is 9.93. The molecule has 0 N–H and O–H groups in total. The first kappa shape index (κ1) is 20.0. The van der Waals surface area contributed by atoms with Crippen molar-refractivity contribution >= 4 is 11.8 Å². The number of carbonyl (C=O) groups excluding carboxylic acids is 2. The molecule has 3 aromatic carbocycles. The van der Waals surface area contributed by atoms with Crippen LogP contribution in [0.1, 0.15) is 42.3 Å². The standard InChI is InChI=1S/C25H21NO3/c1-25(2,3)24(28)29-20-13-11-18(12-14-20)23(27)22-10-5-4-9-21(22)19-8-6-7-17(15-19)16-26/h4-15H,1-3H3. The molecule has 0 saturated carbocycles. The average molecular weight is 383 g/mol. The summed E-state index contributed by atoms with van der Waals surface area (Å²) in [5.74, 6) is -0.0764. The van der Waals surface area contributed by atoms with Gasteiger partial charge in [0, 0.05) is 11.1 Å². The van der Waals surface area contributed by atoms with Crippen LogP contribution in [0, 0.1) is 16.7 Å². The van der Waals surface area contributed by atoms with Crippen molar-refractivity contribution in [3.8, 4) is 22.9 Å². The highest BCUT2D eigenvalue weighted by Gasteiger charge is 2.24. The molecule has 0 atom stereocenters. The van der Waals surface area contributed by atoms with Crippen molar-refractivity contribution in [2.45, 2.75) is 20.8 Å². The highest BCUT2D eigenvalue weighted by Crippen LogP contribution is 2.27. The molecule has 4 heteroatoms. The van der Waals surface area contributed by atoms with Gasteiger partial charge in [0.15, 0.2) is 5.78 Å². The molecule has 144 valence electrons. The van der Waals surface area contributed by atoms with Gasteiger partial charge in [0.25, 0.3) is 0 Å². The maximum atomic E-state index is 13.1. The third-order valence-corrected chi connectivity index (χ3v) is 4.41. The van der Waals surface area contributed by atoms with Gasteiger partial charge in [-0.2, -0.15) is 5.26 Å². The number of nitriles is 1. The zero-order chi connectivity index (χ0) is 21.0. The fourth-order valence-corrected chi connectivity index (χ4v) is 2.78. The van der Waals surface area contributed by atoms with Crippen molar-refractivity contribution in [1.82, 2.24) is 0 Å². The molecule has 29 heavy (non-hydrogen) atoms. The summed E-state index contributed by atoms with van der Waals surface area (Å²) >= 11 is 0. The molecular formula is C25H21NO3. The second-order valence-electron chi connectivity index (χ2n) is 7.73. The molecule has 3 aromatic rings. The number of hydrogen-bond acceptors (Lipinski definition) is 4. The zero-order valence-corrected chi connectivity index (χ0v) is 16.6. The molecule has 0 saturated heterocycles. The Hall–Kier alpha value is -3.71. The van der Waals surface area contributed by atoms with Gasteiger partial charge in [0.2, 0.25) is 0 Å². The summed E-state index contributed by atoms with van der Waals surface area (Å²) in [7, 11) is 0. The van der Waals surface area contributed by atoms with E-state index in [0.717, 1.165) is 11.1 Å². The second-order valence-corrected chi connectivity index (χ2v) is 7.73. The molecule has 0 bridgehead atoms. The van der Waals surface area contributed by atoms with Crippen LogP contribution in [0.4, 0.5) is 0 Å². The number of rotatable bonds is 4. The van der Waals surface area contributed by atoms with Gasteiger partial charge in [-0.1, -0.05) is 36.4 Å². The number of ether oxygens (including phenoxy) is 1. The van der Waals surface area contributed by atoms with E-state index < -0.39 is 5.41 Å². The topological polar surface area (TPSA) is 67.2 Å². The van der Waals surface area contributed by atoms with Crippen molar-refractivity contribution in [1.29, 1.82) is 5.26 Å². The summed E-state index contributed by atoms with van der Waals surface area (Å²) < 4.78 is 5.36. The first-order valence-corrected chi connectivity index (χ1v) is 9.26. The fraction of sp³-hybridized carbons (Fsp3) is 0.160. The molecule has 0 aliphatic rings. The van der Waals surface area contributed by atoms with E-state index in [2.05, 4.69) is 6.07 Å². The molecule has 0 aliphatic heterocycles. The van der Waals surface area contributed by atoms with Crippen molar-refractivity contribution in [3.63, 3.8) is 0 Å². The molecule has 0 aliphatic carbocycles. The van der Waals surface area contributed by atoms with Crippen LogP contribution in [-0.2, 0) is 4.79 Å².